The van der Waals surface area contributed by atoms with Gasteiger partial charge < -0.3 is 10.4 Å². The van der Waals surface area contributed by atoms with E-state index in [9.17, 15) is 9.59 Å². The molecular weight excluding hydrogens is 284 g/mol. The Morgan fingerprint density at radius 1 is 0.909 bits per heavy atom. The lowest BCUT2D eigenvalue weighted by Crippen LogP contribution is -2.26. The lowest BCUT2D eigenvalue weighted by Gasteiger charge is -2.07. The van der Waals surface area contributed by atoms with Crippen molar-refractivity contribution in [2.75, 3.05) is 13.2 Å². The van der Waals surface area contributed by atoms with Crippen LogP contribution in [0.15, 0.2) is 48.5 Å². The van der Waals surface area contributed by atoms with Crippen molar-refractivity contribution in [3.8, 4) is 11.1 Å². The van der Waals surface area contributed by atoms with Crippen LogP contribution in [0.1, 0.15) is 20.7 Å². The number of carbonyl (C=O) groups excluding carboxylic acids is 2. The highest BCUT2D eigenvalue weighted by atomic mass is 16.5. The second-order valence-corrected chi connectivity index (χ2v) is 4.58. The molecule has 0 aliphatic heterocycles. The molecule has 0 saturated carbocycles. The van der Waals surface area contributed by atoms with Crippen LogP contribution in [0.25, 0.3) is 11.1 Å². The molecule has 4 N–H and O–H groups in total. The molecule has 6 nitrogen and oxygen atoms in total. The van der Waals surface area contributed by atoms with Gasteiger partial charge in [0.2, 0.25) is 0 Å². The van der Waals surface area contributed by atoms with Gasteiger partial charge in [0.05, 0.1) is 6.61 Å². The van der Waals surface area contributed by atoms with Crippen LogP contribution in [0.2, 0.25) is 0 Å². The fourth-order valence-electron chi connectivity index (χ4n) is 1.99. The third-order valence-corrected chi connectivity index (χ3v) is 3.10. The molecule has 0 saturated heterocycles. The minimum Gasteiger partial charge on any atom is -0.395 e. The van der Waals surface area contributed by atoms with E-state index in [2.05, 4.69) is 5.32 Å². The summed E-state index contributed by atoms with van der Waals surface area (Å²) in [6, 6.07) is 13.7. The summed E-state index contributed by atoms with van der Waals surface area (Å²) in [5.41, 5.74) is 4.06. The van der Waals surface area contributed by atoms with Crippen molar-refractivity contribution in [3.05, 3.63) is 59.7 Å². The van der Waals surface area contributed by atoms with Crippen LogP contribution in [-0.2, 0) is 0 Å². The van der Waals surface area contributed by atoms with Gasteiger partial charge in [-0.15, -0.1) is 0 Å². The summed E-state index contributed by atoms with van der Waals surface area (Å²) in [7, 11) is 0. The smallest absolute Gasteiger partial charge is 0.274 e. The van der Waals surface area contributed by atoms with Crippen molar-refractivity contribution >= 4 is 11.8 Å². The number of aliphatic hydroxyl groups is 1. The van der Waals surface area contributed by atoms with Gasteiger partial charge in [-0.1, -0.05) is 24.3 Å². The zero-order valence-electron chi connectivity index (χ0n) is 11.7. The molecule has 2 amide bonds. The fraction of sp³-hybridized carbons (Fsp3) is 0.125. The average Bonchev–Trinajstić information content (AvgIpc) is 2.59. The molecular formula is C16H16N2O4. The van der Waals surface area contributed by atoms with Gasteiger partial charge in [0.25, 0.3) is 11.8 Å². The van der Waals surface area contributed by atoms with Gasteiger partial charge >= 0.3 is 0 Å². The first kappa shape index (κ1) is 15.7. The number of nitrogens with one attached hydrogen (secondary N) is 2. The first-order valence-corrected chi connectivity index (χ1v) is 6.69. The number of benzene rings is 2. The number of amides is 2. The zero-order valence-corrected chi connectivity index (χ0v) is 11.7. The molecule has 2 aromatic rings. The van der Waals surface area contributed by atoms with Crippen LogP contribution in [0.5, 0.6) is 0 Å². The first-order valence-electron chi connectivity index (χ1n) is 6.69. The van der Waals surface area contributed by atoms with E-state index in [1.165, 1.54) is 0 Å². The number of hydroxylamine groups is 1. The topological polar surface area (TPSA) is 98.7 Å². The standard InChI is InChI=1S/C16H16N2O4/c19-9-8-17-15(20)14-3-1-2-13(10-14)11-4-6-12(7-5-11)16(21)18-22/h1-7,10,19,22H,8-9H2,(H,17,20)(H,18,21). The molecule has 2 rings (SSSR count). The summed E-state index contributed by atoms with van der Waals surface area (Å²) in [5, 5.41) is 19.9. The Kier molecular flexibility index (Phi) is 5.24. The maximum absolute atomic E-state index is 11.9. The minimum atomic E-state index is -0.580. The van der Waals surface area contributed by atoms with Crippen molar-refractivity contribution in [3.63, 3.8) is 0 Å². The molecule has 0 atom stereocenters. The van der Waals surface area contributed by atoms with Gasteiger partial charge in [0.15, 0.2) is 0 Å². The van der Waals surface area contributed by atoms with Crippen molar-refractivity contribution in [1.29, 1.82) is 0 Å². The van der Waals surface area contributed by atoms with Gasteiger partial charge in [0, 0.05) is 17.7 Å². The third-order valence-electron chi connectivity index (χ3n) is 3.10. The molecule has 0 unspecified atom stereocenters. The summed E-state index contributed by atoms with van der Waals surface area (Å²) >= 11 is 0. The van der Waals surface area contributed by atoms with Crippen LogP contribution in [0.3, 0.4) is 0 Å². The highest BCUT2D eigenvalue weighted by Crippen LogP contribution is 2.21. The van der Waals surface area contributed by atoms with Gasteiger partial charge in [0.1, 0.15) is 0 Å². The van der Waals surface area contributed by atoms with Crippen LogP contribution in [-0.4, -0.2) is 35.3 Å². The van der Waals surface area contributed by atoms with E-state index in [1.54, 1.807) is 47.9 Å². The number of aliphatic hydroxyl groups excluding tert-OH is 1. The second-order valence-electron chi connectivity index (χ2n) is 4.58. The average molecular weight is 300 g/mol. The van der Waals surface area contributed by atoms with E-state index in [-0.39, 0.29) is 19.1 Å². The van der Waals surface area contributed by atoms with E-state index in [1.807, 2.05) is 6.07 Å². The number of rotatable bonds is 5. The number of hydrogen-bond donors (Lipinski definition) is 4. The Hall–Kier alpha value is -2.70. The van der Waals surface area contributed by atoms with Crippen LogP contribution in [0.4, 0.5) is 0 Å². The summed E-state index contributed by atoms with van der Waals surface area (Å²) in [4.78, 5) is 23.1. The molecule has 0 fully saturated rings. The van der Waals surface area contributed by atoms with Gasteiger partial charge in [-0.2, -0.15) is 0 Å². The predicted octanol–water partition coefficient (Wildman–Crippen LogP) is 1.19. The highest BCUT2D eigenvalue weighted by molar-refractivity contribution is 5.96. The van der Waals surface area contributed by atoms with Crippen LogP contribution < -0.4 is 10.8 Å². The maximum Gasteiger partial charge on any atom is 0.274 e. The van der Waals surface area contributed by atoms with Gasteiger partial charge in [-0.05, 0) is 35.4 Å². The van der Waals surface area contributed by atoms with Crippen molar-refractivity contribution in [2.24, 2.45) is 0 Å². The van der Waals surface area contributed by atoms with Crippen LogP contribution >= 0.6 is 0 Å². The Balaban J connectivity index is 2.22. The molecule has 0 spiro atoms. The van der Waals surface area contributed by atoms with Crippen molar-refractivity contribution in [1.82, 2.24) is 10.8 Å². The maximum atomic E-state index is 11.9. The first-order chi connectivity index (χ1) is 10.7. The molecule has 2 aromatic carbocycles. The molecule has 0 radical (unpaired) electrons. The molecule has 114 valence electrons. The molecule has 0 heterocycles. The Morgan fingerprint density at radius 2 is 1.64 bits per heavy atom. The fourth-order valence-corrected chi connectivity index (χ4v) is 1.99. The molecule has 0 aliphatic carbocycles. The van der Waals surface area contributed by atoms with E-state index in [0.29, 0.717) is 11.1 Å². The molecule has 0 bridgehead atoms. The lowest BCUT2D eigenvalue weighted by molar-refractivity contribution is 0.0706. The largest absolute Gasteiger partial charge is 0.395 e. The highest BCUT2D eigenvalue weighted by Gasteiger charge is 2.08. The van der Waals surface area contributed by atoms with Crippen molar-refractivity contribution in [2.45, 2.75) is 0 Å². The lowest BCUT2D eigenvalue weighted by atomic mass is 10.0. The number of carbonyl (C=O) groups is 2. The quantitative estimate of drug-likeness (QED) is 0.492. The van der Waals surface area contributed by atoms with Crippen molar-refractivity contribution < 1.29 is 19.9 Å². The molecule has 0 aromatic heterocycles. The summed E-state index contributed by atoms with van der Waals surface area (Å²) in [6.07, 6.45) is 0. The second kappa shape index (κ2) is 7.35. The monoisotopic (exact) mass is 300 g/mol. The van der Waals surface area contributed by atoms with E-state index >= 15 is 0 Å². The van der Waals surface area contributed by atoms with Gasteiger partial charge in [-0.25, -0.2) is 5.48 Å². The summed E-state index contributed by atoms with van der Waals surface area (Å²) in [6.45, 7) is 0.0911. The van der Waals surface area contributed by atoms with E-state index in [0.717, 1.165) is 11.1 Å². The predicted molar refractivity (Wildman–Crippen MR) is 80.5 cm³/mol. The van der Waals surface area contributed by atoms with Crippen LogP contribution in [0, 0.1) is 0 Å². The summed E-state index contributed by atoms with van der Waals surface area (Å²) < 4.78 is 0. The Morgan fingerprint density at radius 3 is 2.27 bits per heavy atom. The minimum absolute atomic E-state index is 0.111. The van der Waals surface area contributed by atoms with E-state index < -0.39 is 5.91 Å². The van der Waals surface area contributed by atoms with Gasteiger partial charge in [-0.3, -0.25) is 14.8 Å². The third kappa shape index (κ3) is 3.69. The number of hydrogen-bond acceptors (Lipinski definition) is 4. The molecule has 6 heteroatoms. The Bertz CT molecular complexity index is 668. The SMILES string of the molecule is O=C(NO)c1ccc(-c2cccc(C(=O)NCCO)c2)cc1. The molecule has 22 heavy (non-hydrogen) atoms. The summed E-state index contributed by atoms with van der Waals surface area (Å²) in [5.74, 6) is -0.837. The zero-order chi connectivity index (χ0) is 15.9. The van der Waals surface area contributed by atoms with E-state index in [4.69, 9.17) is 10.3 Å². The molecule has 0 aliphatic rings. The Labute approximate surface area is 127 Å². The normalized spacial score (nSPS) is 10.1.